The average molecular weight is 281 g/mol. The zero-order valence-corrected chi connectivity index (χ0v) is 13.7. The predicted octanol–water partition coefficient (Wildman–Crippen LogP) is 2.71. The monoisotopic (exact) mass is 281 g/mol. The molecule has 1 aliphatic carbocycles. The Bertz CT molecular complexity index is 243. The summed E-state index contributed by atoms with van der Waals surface area (Å²) in [6.45, 7) is 8.57. The van der Waals surface area contributed by atoms with Crippen LogP contribution in [0, 0.1) is 0 Å². The first-order valence-corrected chi connectivity index (χ1v) is 8.95. The van der Waals surface area contributed by atoms with E-state index in [9.17, 15) is 0 Å². The molecule has 118 valence electrons. The maximum atomic E-state index is 3.76. The van der Waals surface area contributed by atoms with E-state index in [4.69, 9.17) is 0 Å². The van der Waals surface area contributed by atoms with Crippen LogP contribution in [0.5, 0.6) is 0 Å². The molecule has 0 bridgehead atoms. The Morgan fingerprint density at radius 3 is 2.40 bits per heavy atom. The minimum atomic E-state index is 0.821. The largest absolute Gasteiger partial charge is 0.314 e. The first-order chi connectivity index (χ1) is 9.79. The van der Waals surface area contributed by atoms with Crippen molar-refractivity contribution in [2.45, 2.75) is 70.4 Å². The van der Waals surface area contributed by atoms with Gasteiger partial charge in [-0.1, -0.05) is 26.2 Å². The third-order valence-corrected chi connectivity index (χ3v) is 5.35. The Morgan fingerprint density at radius 2 is 1.75 bits per heavy atom. The second kappa shape index (κ2) is 9.01. The van der Waals surface area contributed by atoms with Gasteiger partial charge in [-0.15, -0.1) is 0 Å². The fourth-order valence-electron chi connectivity index (χ4n) is 3.80. The molecule has 3 heteroatoms. The number of nitrogens with zero attached hydrogens (tertiary/aromatic N) is 2. The lowest BCUT2D eigenvalue weighted by Gasteiger charge is -2.36. The standard InChI is InChI=1S/C17H35N3/c1-3-20-14-10-17(11-15-20)19(2)13-7-12-18-16-8-5-4-6-9-16/h16-18H,3-15H2,1-2H3. The summed E-state index contributed by atoms with van der Waals surface area (Å²) >= 11 is 0. The summed E-state index contributed by atoms with van der Waals surface area (Å²) < 4.78 is 0. The number of piperidine rings is 1. The van der Waals surface area contributed by atoms with E-state index in [1.165, 1.54) is 84.1 Å². The minimum Gasteiger partial charge on any atom is -0.314 e. The van der Waals surface area contributed by atoms with Gasteiger partial charge in [0.05, 0.1) is 0 Å². The Balaban J connectivity index is 1.52. The van der Waals surface area contributed by atoms with Gasteiger partial charge in [0.25, 0.3) is 0 Å². The summed E-state index contributed by atoms with van der Waals surface area (Å²) in [6.07, 6.45) is 11.2. The highest BCUT2D eigenvalue weighted by Crippen LogP contribution is 2.17. The Morgan fingerprint density at radius 1 is 1.05 bits per heavy atom. The van der Waals surface area contributed by atoms with Gasteiger partial charge in [-0.3, -0.25) is 0 Å². The van der Waals surface area contributed by atoms with Crippen molar-refractivity contribution in [3.63, 3.8) is 0 Å². The third kappa shape index (κ3) is 5.34. The van der Waals surface area contributed by atoms with Gasteiger partial charge < -0.3 is 15.1 Å². The van der Waals surface area contributed by atoms with Crippen LogP contribution in [0.1, 0.15) is 58.3 Å². The highest BCUT2D eigenvalue weighted by atomic mass is 15.2. The molecule has 1 N–H and O–H groups in total. The molecule has 0 amide bonds. The number of hydrogen-bond acceptors (Lipinski definition) is 3. The van der Waals surface area contributed by atoms with E-state index >= 15 is 0 Å². The molecule has 1 saturated carbocycles. The lowest BCUT2D eigenvalue weighted by atomic mass is 9.95. The smallest absolute Gasteiger partial charge is 0.0117 e. The summed E-state index contributed by atoms with van der Waals surface area (Å²) in [5, 5.41) is 3.76. The van der Waals surface area contributed by atoms with Crippen molar-refractivity contribution >= 4 is 0 Å². The van der Waals surface area contributed by atoms with Crippen LogP contribution >= 0.6 is 0 Å². The molecule has 0 aromatic heterocycles. The van der Waals surface area contributed by atoms with Gasteiger partial charge in [0.1, 0.15) is 0 Å². The molecule has 1 heterocycles. The molecular weight excluding hydrogens is 246 g/mol. The predicted molar refractivity (Wildman–Crippen MR) is 87.3 cm³/mol. The van der Waals surface area contributed by atoms with Crippen LogP contribution in [0.3, 0.4) is 0 Å². The van der Waals surface area contributed by atoms with Crippen LogP contribution in [-0.2, 0) is 0 Å². The summed E-state index contributed by atoms with van der Waals surface area (Å²) in [4.78, 5) is 5.19. The summed E-state index contributed by atoms with van der Waals surface area (Å²) in [6, 6.07) is 1.65. The van der Waals surface area contributed by atoms with Crippen molar-refractivity contribution < 1.29 is 0 Å². The molecule has 3 nitrogen and oxygen atoms in total. The summed E-state index contributed by atoms with van der Waals surface area (Å²) in [5.74, 6) is 0. The Hall–Kier alpha value is -0.120. The molecule has 2 aliphatic rings. The summed E-state index contributed by atoms with van der Waals surface area (Å²) in [7, 11) is 2.33. The molecule has 0 aromatic rings. The SMILES string of the molecule is CCN1CCC(N(C)CCCNC2CCCCC2)CC1. The molecule has 0 spiro atoms. The van der Waals surface area contributed by atoms with Gasteiger partial charge in [-0.25, -0.2) is 0 Å². The lowest BCUT2D eigenvalue weighted by molar-refractivity contribution is 0.130. The van der Waals surface area contributed by atoms with Crippen LogP contribution in [0.15, 0.2) is 0 Å². The van der Waals surface area contributed by atoms with Gasteiger partial charge in [-0.2, -0.15) is 0 Å². The maximum absolute atomic E-state index is 3.76. The van der Waals surface area contributed by atoms with Crippen molar-refractivity contribution in [2.75, 3.05) is 39.8 Å². The van der Waals surface area contributed by atoms with Crippen LogP contribution in [-0.4, -0.2) is 61.7 Å². The summed E-state index contributed by atoms with van der Waals surface area (Å²) in [5.41, 5.74) is 0. The van der Waals surface area contributed by atoms with Gasteiger partial charge in [0.15, 0.2) is 0 Å². The van der Waals surface area contributed by atoms with Gasteiger partial charge in [-0.05, 0) is 71.9 Å². The maximum Gasteiger partial charge on any atom is 0.0117 e. The van der Waals surface area contributed by atoms with Gasteiger partial charge >= 0.3 is 0 Å². The minimum absolute atomic E-state index is 0.821. The zero-order chi connectivity index (χ0) is 14.2. The first kappa shape index (κ1) is 16.3. The molecular formula is C17H35N3. The molecule has 20 heavy (non-hydrogen) atoms. The number of rotatable bonds is 7. The molecule has 2 fully saturated rings. The van der Waals surface area contributed by atoms with Crippen LogP contribution < -0.4 is 5.32 Å². The van der Waals surface area contributed by atoms with Crippen molar-refractivity contribution in [3.8, 4) is 0 Å². The second-order valence-electron chi connectivity index (χ2n) is 6.79. The Kier molecular flexibility index (Phi) is 7.32. The molecule has 0 unspecified atom stereocenters. The molecule has 1 saturated heterocycles. The quantitative estimate of drug-likeness (QED) is 0.724. The second-order valence-corrected chi connectivity index (χ2v) is 6.79. The van der Waals surface area contributed by atoms with E-state index in [0.29, 0.717) is 0 Å². The first-order valence-electron chi connectivity index (χ1n) is 8.95. The molecule has 0 atom stereocenters. The molecule has 0 aromatic carbocycles. The van der Waals surface area contributed by atoms with Gasteiger partial charge in [0, 0.05) is 12.1 Å². The van der Waals surface area contributed by atoms with Crippen molar-refractivity contribution in [1.82, 2.24) is 15.1 Å². The fourth-order valence-corrected chi connectivity index (χ4v) is 3.80. The fraction of sp³-hybridized carbons (Fsp3) is 1.00. The van der Waals surface area contributed by atoms with E-state index in [0.717, 1.165) is 12.1 Å². The topological polar surface area (TPSA) is 18.5 Å². The van der Waals surface area contributed by atoms with Crippen LogP contribution in [0.4, 0.5) is 0 Å². The van der Waals surface area contributed by atoms with Crippen molar-refractivity contribution in [3.05, 3.63) is 0 Å². The third-order valence-electron chi connectivity index (χ3n) is 5.35. The van der Waals surface area contributed by atoms with E-state index in [1.807, 2.05) is 0 Å². The highest BCUT2D eigenvalue weighted by molar-refractivity contribution is 4.78. The number of nitrogens with one attached hydrogen (secondary N) is 1. The molecule has 1 aliphatic heterocycles. The van der Waals surface area contributed by atoms with Gasteiger partial charge in [0.2, 0.25) is 0 Å². The van der Waals surface area contributed by atoms with E-state index in [-0.39, 0.29) is 0 Å². The zero-order valence-electron chi connectivity index (χ0n) is 13.7. The molecule has 2 rings (SSSR count). The average Bonchev–Trinajstić information content (AvgIpc) is 2.52. The van der Waals surface area contributed by atoms with E-state index in [2.05, 4.69) is 29.1 Å². The van der Waals surface area contributed by atoms with E-state index in [1.54, 1.807) is 0 Å². The molecule has 0 radical (unpaired) electrons. The Labute approximate surface area is 126 Å². The van der Waals surface area contributed by atoms with Crippen molar-refractivity contribution in [2.24, 2.45) is 0 Å². The van der Waals surface area contributed by atoms with E-state index < -0.39 is 0 Å². The van der Waals surface area contributed by atoms with Crippen molar-refractivity contribution in [1.29, 1.82) is 0 Å². The van der Waals surface area contributed by atoms with Crippen LogP contribution in [0.2, 0.25) is 0 Å². The normalized spacial score (nSPS) is 23.6. The lowest BCUT2D eigenvalue weighted by Crippen LogP contribution is -2.44. The highest BCUT2D eigenvalue weighted by Gasteiger charge is 2.21. The van der Waals surface area contributed by atoms with Crippen LogP contribution in [0.25, 0.3) is 0 Å². The number of likely N-dealkylation sites (tertiary alicyclic amines) is 1. The number of hydrogen-bond donors (Lipinski definition) is 1.